The van der Waals surface area contributed by atoms with Crippen LogP contribution in [0.2, 0.25) is 0 Å². The Bertz CT molecular complexity index is 1040. The maximum absolute atomic E-state index is 11.8. The van der Waals surface area contributed by atoms with Gasteiger partial charge in [-0.25, -0.2) is 13.4 Å². The second-order valence-electron chi connectivity index (χ2n) is 7.02. The summed E-state index contributed by atoms with van der Waals surface area (Å²) >= 11 is 0. The summed E-state index contributed by atoms with van der Waals surface area (Å²) in [5.74, 6) is 2.86. The lowest BCUT2D eigenvalue weighted by Gasteiger charge is -2.35. The van der Waals surface area contributed by atoms with Crippen LogP contribution < -0.4 is 9.47 Å². The Balaban J connectivity index is 1.76. The number of nitrogens with zero attached hydrogens (tertiary/aromatic N) is 3. The zero-order chi connectivity index (χ0) is 19.9. The fourth-order valence-corrected chi connectivity index (χ4v) is 4.29. The summed E-state index contributed by atoms with van der Waals surface area (Å²) < 4.78 is 36.7. The summed E-state index contributed by atoms with van der Waals surface area (Å²) in [6.45, 7) is 4.02. The molecular formula is C20H23N3O4S. The highest BCUT2D eigenvalue weighted by Crippen LogP contribution is 2.40. The zero-order valence-electron chi connectivity index (χ0n) is 16.2. The molecule has 0 saturated carbocycles. The predicted molar refractivity (Wildman–Crippen MR) is 108 cm³/mol. The summed E-state index contributed by atoms with van der Waals surface area (Å²) in [5.41, 5.74) is 2.70. The summed E-state index contributed by atoms with van der Waals surface area (Å²) in [7, 11) is -1.56. The van der Waals surface area contributed by atoms with Gasteiger partial charge in [0.1, 0.15) is 23.0 Å². The zero-order valence-corrected chi connectivity index (χ0v) is 17.0. The molecule has 1 saturated heterocycles. The number of amidine groups is 1. The van der Waals surface area contributed by atoms with Crippen molar-refractivity contribution >= 4 is 21.5 Å². The number of hydrogen-bond acceptors (Lipinski definition) is 6. The second-order valence-corrected chi connectivity index (χ2v) is 9.00. The largest absolute Gasteiger partial charge is 0.497 e. The highest BCUT2D eigenvalue weighted by molar-refractivity contribution is 7.88. The lowest BCUT2D eigenvalue weighted by molar-refractivity contribution is 0.267. The number of hydrogen-bond donors (Lipinski definition) is 0. The second kappa shape index (κ2) is 7.10. The van der Waals surface area contributed by atoms with E-state index in [1.807, 2.05) is 43.3 Å². The molecule has 28 heavy (non-hydrogen) atoms. The number of aliphatic imine (C=N–C) groups is 1. The molecule has 0 aliphatic carbocycles. The number of methoxy groups -OCH3 is 1. The molecular weight excluding hydrogens is 378 g/mol. The molecule has 0 radical (unpaired) electrons. The van der Waals surface area contributed by atoms with Crippen molar-refractivity contribution in [3.8, 4) is 17.2 Å². The minimum Gasteiger partial charge on any atom is -0.497 e. The van der Waals surface area contributed by atoms with Crippen LogP contribution in [-0.2, 0) is 10.0 Å². The maximum atomic E-state index is 11.8. The topological polar surface area (TPSA) is 71.4 Å². The molecule has 2 aromatic carbocycles. The Morgan fingerprint density at radius 3 is 2.46 bits per heavy atom. The van der Waals surface area contributed by atoms with Crippen molar-refractivity contribution in [2.75, 3.05) is 39.5 Å². The van der Waals surface area contributed by atoms with Gasteiger partial charge >= 0.3 is 0 Å². The smallest absolute Gasteiger partial charge is 0.211 e. The molecule has 148 valence electrons. The van der Waals surface area contributed by atoms with Gasteiger partial charge in [0.25, 0.3) is 0 Å². The lowest BCUT2D eigenvalue weighted by atomic mass is 10.1. The number of rotatable bonds is 2. The quantitative estimate of drug-likeness (QED) is 0.774. The number of aryl methyl sites for hydroxylation is 1. The van der Waals surface area contributed by atoms with Crippen molar-refractivity contribution in [1.82, 2.24) is 9.21 Å². The third-order valence-electron chi connectivity index (χ3n) is 5.00. The van der Waals surface area contributed by atoms with E-state index in [9.17, 15) is 8.42 Å². The summed E-state index contributed by atoms with van der Waals surface area (Å²) in [6, 6.07) is 11.6. The first-order valence-electron chi connectivity index (χ1n) is 9.11. The Morgan fingerprint density at radius 2 is 1.79 bits per heavy atom. The highest BCUT2D eigenvalue weighted by Gasteiger charge is 2.29. The van der Waals surface area contributed by atoms with Crippen molar-refractivity contribution < 1.29 is 17.9 Å². The first kappa shape index (κ1) is 18.8. The van der Waals surface area contributed by atoms with E-state index in [1.165, 1.54) is 10.6 Å². The van der Waals surface area contributed by atoms with E-state index >= 15 is 0 Å². The molecule has 0 aromatic heterocycles. The van der Waals surface area contributed by atoms with Crippen LogP contribution in [-0.4, -0.2) is 63.0 Å². The van der Waals surface area contributed by atoms with Crippen LogP contribution in [0.4, 0.5) is 5.69 Å². The van der Waals surface area contributed by atoms with Gasteiger partial charge in [0.2, 0.25) is 10.0 Å². The van der Waals surface area contributed by atoms with Crippen molar-refractivity contribution in [1.29, 1.82) is 0 Å². The van der Waals surface area contributed by atoms with E-state index < -0.39 is 10.0 Å². The molecule has 0 spiro atoms. The van der Waals surface area contributed by atoms with Crippen molar-refractivity contribution in [3.05, 3.63) is 47.5 Å². The predicted octanol–water partition coefficient (Wildman–Crippen LogP) is 2.76. The fraction of sp³-hybridized carbons (Fsp3) is 0.350. The number of ether oxygens (including phenoxy) is 2. The van der Waals surface area contributed by atoms with Gasteiger partial charge in [0, 0.05) is 32.2 Å². The molecule has 2 aliphatic rings. The van der Waals surface area contributed by atoms with Gasteiger partial charge in [0.15, 0.2) is 5.75 Å². The van der Waals surface area contributed by atoms with E-state index in [2.05, 4.69) is 4.90 Å². The van der Waals surface area contributed by atoms with Gasteiger partial charge in [-0.15, -0.1) is 0 Å². The van der Waals surface area contributed by atoms with E-state index in [4.69, 9.17) is 14.5 Å². The molecule has 2 heterocycles. The molecule has 1 fully saturated rings. The van der Waals surface area contributed by atoms with Crippen molar-refractivity contribution in [2.45, 2.75) is 6.92 Å². The lowest BCUT2D eigenvalue weighted by Crippen LogP contribution is -2.50. The fourth-order valence-electron chi connectivity index (χ4n) is 3.46. The average molecular weight is 401 g/mol. The van der Waals surface area contributed by atoms with Crippen LogP contribution in [0.5, 0.6) is 17.2 Å². The SMILES string of the molecule is COc1ccc2c(c1)Oc1cc(C)ccc1N=C2N1CCN(S(C)(=O)=O)CC1. The van der Waals surface area contributed by atoms with E-state index in [0.29, 0.717) is 43.4 Å². The average Bonchev–Trinajstić information content (AvgIpc) is 2.82. The van der Waals surface area contributed by atoms with Gasteiger partial charge in [-0.2, -0.15) is 4.31 Å². The van der Waals surface area contributed by atoms with Gasteiger partial charge in [-0.1, -0.05) is 6.07 Å². The standard InChI is InChI=1S/C20H23N3O4S/c1-14-4-7-17-19(12-14)27-18-13-15(26-2)5-6-16(18)20(21-17)22-8-10-23(11-9-22)28(3,24)25/h4-7,12-13H,8-11H2,1-3H3. The number of benzene rings is 2. The third-order valence-corrected chi connectivity index (χ3v) is 6.30. The molecule has 0 bridgehead atoms. The van der Waals surface area contributed by atoms with E-state index in [1.54, 1.807) is 7.11 Å². The first-order valence-corrected chi connectivity index (χ1v) is 11.0. The maximum Gasteiger partial charge on any atom is 0.211 e. The van der Waals surface area contributed by atoms with Crippen LogP contribution in [0.25, 0.3) is 0 Å². The number of piperazine rings is 1. The molecule has 0 atom stereocenters. The van der Waals surface area contributed by atoms with E-state index in [-0.39, 0.29) is 0 Å². The normalized spacial score (nSPS) is 17.1. The minimum absolute atomic E-state index is 0.435. The molecule has 0 unspecified atom stereocenters. The Hall–Kier alpha value is -2.58. The third kappa shape index (κ3) is 3.57. The summed E-state index contributed by atoms with van der Waals surface area (Å²) in [4.78, 5) is 7.01. The number of sulfonamides is 1. The van der Waals surface area contributed by atoms with Gasteiger partial charge in [-0.05, 0) is 36.8 Å². The van der Waals surface area contributed by atoms with E-state index in [0.717, 1.165) is 22.6 Å². The van der Waals surface area contributed by atoms with Crippen LogP contribution in [0.3, 0.4) is 0 Å². The summed E-state index contributed by atoms with van der Waals surface area (Å²) in [6.07, 6.45) is 1.25. The van der Waals surface area contributed by atoms with Gasteiger partial charge < -0.3 is 14.4 Å². The van der Waals surface area contributed by atoms with Crippen LogP contribution in [0.1, 0.15) is 11.1 Å². The van der Waals surface area contributed by atoms with Gasteiger partial charge in [-0.3, -0.25) is 0 Å². The molecule has 0 N–H and O–H groups in total. The molecule has 8 heteroatoms. The Labute approximate surface area is 165 Å². The Kier molecular flexibility index (Phi) is 4.76. The minimum atomic E-state index is -3.18. The van der Waals surface area contributed by atoms with Gasteiger partial charge in [0.05, 0.1) is 18.9 Å². The molecule has 0 amide bonds. The molecule has 4 rings (SSSR count). The highest BCUT2D eigenvalue weighted by atomic mass is 32.2. The Morgan fingerprint density at radius 1 is 1.04 bits per heavy atom. The molecule has 7 nitrogen and oxygen atoms in total. The summed E-state index contributed by atoms with van der Waals surface area (Å²) in [5, 5.41) is 0. The van der Waals surface area contributed by atoms with Crippen LogP contribution >= 0.6 is 0 Å². The first-order chi connectivity index (χ1) is 13.3. The monoisotopic (exact) mass is 401 g/mol. The van der Waals surface area contributed by atoms with Crippen LogP contribution in [0.15, 0.2) is 41.4 Å². The molecule has 2 aromatic rings. The molecule has 2 aliphatic heterocycles. The van der Waals surface area contributed by atoms with Crippen molar-refractivity contribution in [2.24, 2.45) is 4.99 Å². The van der Waals surface area contributed by atoms with Crippen LogP contribution in [0, 0.1) is 6.92 Å². The number of fused-ring (bicyclic) bond motifs is 2. The van der Waals surface area contributed by atoms with Crippen molar-refractivity contribution in [3.63, 3.8) is 0 Å².